The Balaban J connectivity index is 3.01. The van der Waals surface area contributed by atoms with Gasteiger partial charge in [0.1, 0.15) is 5.75 Å². The minimum absolute atomic E-state index is 0.0690. The summed E-state index contributed by atoms with van der Waals surface area (Å²) in [7, 11) is 0. The number of guanidine groups is 1. The van der Waals surface area contributed by atoms with E-state index in [0.29, 0.717) is 12.3 Å². The largest absolute Gasteiger partial charge is 0.617 e. The van der Waals surface area contributed by atoms with E-state index in [1.807, 2.05) is 0 Å². The van der Waals surface area contributed by atoms with E-state index < -0.39 is 11.2 Å². The summed E-state index contributed by atoms with van der Waals surface area (Å²) in [5.41, 5.74) is 4.95. The van der Waals surface area contributed by atoms with Crippen LogP contribution in [0.25, 0.3) is 0 Å². The number of hydrogen-bond acceptors (Lipinski definition) is 2. The molecular weight excluding hydrogens is 138 g/mol. The first kappa shape index (κ1) is 8.58. The van der Waals surface area contributed by atoms with E-state index in [1.165, 1.54) is 0 Å². The topological polar surface area (TPSA) is 85.0 Å². The van der Waals surface area contributed by atoms with Crippen LogP contribution in [-0.2, 0) is 11.2 Å². The van der Waals surface area contributed by atoms with Crippen LogP contribution in [0.3, 0.4) is 0 Å². The standard InChI is InChI=1S/C4H11N3OS/c1-9(8)3-2-7-4(5)6/h2-3H2,1H3,(H4,5,6,7). The van der Waals surface area contributed by atoms with Crippen LogP contribution in [0.4, 0.5) is 0 Å². The molecule has 0 saturated heterocycles. The highest BCUT2D eigenvalue weighted by Crippen LogP contribution is 1.77. The van der Waals surface area contributed by atoms with Crippen molar-refractivity contribution in [1.82, 2.24) is 5.32 Å². The summed E-state index contributed by atoms with van der Waals surface area (Å²) in [6, 6.07) is 0. The van der Waals surface area contributed by atoms with E-state index in [-0.39, 0.29) is 5.96 Å². The maximum Gasteiger partial charge on any atom is 0.185 e. The number of nitrogens with two attached hydrogens (primary N) is 1. The normalized spacial score (nSPS) is 12.7. The molecule has 0 saturated carbocycles. The molecular formula is C4H11N3OS. The Morgan fingerprint density at radius 1 is 1.89 bits per heavy atom. The minimum Gasteiger partial charge on any atom is -0.617 e. The zero-order valence-electron chi connectivity index (χ0n) is 5.31. The third kappa shape index (κ3) is 7.58. The van der Waals surface area contributed by atoms with Crippen molar-refractivity contribution in [2.75, 3.05) is 18.6 Å². The smallest absolute Gasteiger partial charge is 0.185 e. The van der Waals surface area contributed by atoms with E-state index in [2.05, 4.69) is 5.32 Å². The lowest BCUT2D eigenvalue weighted by atomic mass is 10.7. The quantitative estimate of drug-likeness (QED) is 0.269. The van der Waals surface area contributed by atoms with Gasteiger partial charge in [0.2, 0.25) is 0 Å². The first-order valence-corrected chi connectivity index (χ1v) is 4.23. The lowest BCUT2D eigenvalue weighted by Crippen LogP contribution is -2.33. The van der Waals surface area contributed by atoms with Gasteiger partial charge in [-0.15, -0.1) is 0 Å². The lowest BCUT2D eigenvalue weighted by molar-refractivity contribution is 0.599. The molecule has 0 aliphatic rings. The van der Waals surface area contributed by atoms with Crippen LogP contribution < -0.4 is 11.1 Å². The molecule has 9 heavy (non-hydrogen) atoms. The molecule has 4 N–H and O–H groups in total. The summed E-state index contributed by atoms with van der Waals surface area (Å²) >= 11 is -0.797. The second-order valence-electron chi connectivity index (χ2n) is 1.62. The monoisotopic (exact) mass is 149 g/mol. The molecule has 5 heteroatoms. The summed E-state index contributed by atoms with van der Waals surface area (Å²) in [5.74, 6) is 0.472. The second kappa shape index (κ2) is 4.46. The highest BCUT2D eigenvalue weighted by molar-refractivity contribution is 7.90. The van der Waals surface area contributed by atoms with Gasteiger partial charge in [0.05, 0.1) is 12.8 Å². The Kier molecular flexibility index (Phi) is 4.25. The molecule has 0 aromatic carbocycles. The molecule has 0 bridgehead atoms. The Bertz CT molecular complexity index is 95.8. The fourth-order valence-electron chi connectivity index (χ4n) is 0.329. The Labute approximate surface area is 57.5 Å². The van der Waals surface area contributed by atoms with Crippen LogP contribution in [-0.4, -0.2) is 29.1 Å². The lowest BCUT2D eigenvalue weighted by Gasteiger charge is -2.04. The van der Waals surface area contributed by atoms with Crippen LogP contribution in [0.2, 0.25) is 0 Å². The van der Waals surface area contributed by atoms with Gasteiger partial charge in [-0.2, -0.15) is 0 Å². The van der Waals surface area contributed by atoms with Crippen molar-refractivity contribution in [2.45, 2.75) is 0 Å². The second-order valence-corrected chi connectivity index (χ2v) is 3.17. The average Bonchev–Trinajstić information content (AvgIpc) is 1.63. The van der Waals surface area contributed by atoms with Gasteiger partial charge in [-0.25, -0.2) is 0 Å². The Hall–Kier alpha value is -0.420. The van der Waals surface area contributed by atoms with Crippen molar-refractivity contribution in [3.8, 4) is 0 Å². The van der Waals surface area contributed by atoms with Gasteiger partial charge in [0.15, 0.2) is 5.96 Å². The van der Waals surface area contributed by atoms with Crippen LogP contribution in [0.1, 0.15) is 0 Å². The highest BCUT2D eigenvalue weighted by Gasteiger charge is 1.94. The van der Waals surface area contributed by atoms with Crippen molar-refractivity contribution in [1.29, 1.82) is 5.41 Å². The SMILES string of the molecule is C[S+]([O-])CCNC(=N)N. The highest BCUT2D eigenvalue weighted by atomic mass is 32.2. The average molecular weight is 149 g/mol. The van der Waals surface area contributed by atoms with Crippen molar-refractivity contribution < 1.29 is 4.55 Å². The van der Waals surface area contributed by atoms with E-state index >= 15 is 0 Å². The molecule has 0 amide bonds. The minimum atomic E-state index is -0.797. The first-order valence-electron chi connectivity index (χ1n) is 2.51. The molecule has 0 aliphatic heterocycles. The van der Waals surface area contributed by atoms with Gasteiger partial charge in [-0.1, -0.05) is 11.2 Å². The van der Waals surface area contributed by atoms with Crippen LogP contribution >= 0.6 is 0 Å². The van der Waals surface area contributed by atoms with Crippen molar-refractivity contribution in [2.24, 2.45) is 5.73 Å². The van der Waals surface area contributed by atoms with Gasteiger partial charge in [-0.05, 0) is 0 Å². The molecule has 0 aliphatic carbocycles. The van der Waals surface area contributed by atoms with Gasteiger partial charge in [-0.3, -0.25) is 5.41 Å². The third-order valence-corrected chi connectivity index (χ3v) is 1.48. The van der Waals surface area contributed by atoms with Gasteiger partial charge >= 0.3 is 0 Å². The molecule has 0 heterocycles. The molecule has 0 radical (unpaired) electrons. The van der Waals surface area contributed by atoms with E-state index in [4.69, 9.17) is 11.1 Å². The summed E-state index contributed by atoms with van der Waals surface area (Å²) in [6.07, 6.45) is 1.61. The fourth-order valence-corrected chi connectivity index (χ4v) is 0.719. The summed E-state index contributed by atoms with van der Waals surface area (Å²) in [5, 5.41) is 9.25. The number of hydrogen-bond donors (Lipinski definition) is 3. The third-order valence-electron chi connectivity index (χ3n) is 0.705. The first-order chi connectivity index (χ1) is 4.13. The molecule has 1 unspecified atom stereocenters. The van der Waals surface area contributed by atoms with Gasteiger partial charge < -0.3 is 15.6 Å². The van der Waals surface area contributed by atoms with Gasteiger partial charge in [0, 0.05) is 0 Å². The molecule has 54 valence electrons. The summed E-state index contributed by atoms with van der Waals surface area (Å²) in [6.45, 7) is 0.512. The Morgan fingerprint density at radius 3 is 2.78 bits per heavy atom. The zero-order valence-corrected chi connectivity index (χ0v) is 6.12. The number of nitrogens with one attached hydrogen (secondary N) is 2. The Morgan fingerprint density at radius 2 is 2.44 bits per heavy atom. The van der Waals surface area contributed by atoms with Crippen molar-refractivity contribution >= 4 is 17.1 Å². The van der Waals surface area contributed by atoms with Crippen LogP contribution in [0.15, 0.2) is 0 Å². The van der Waals surface area contributed by atoms with Crippen LogP contribution in [0, 0.1) is 5.41 Å². The van der Waals surface area contributed by atoms with E-state index in [0.717, 1.165) is 0 Å². The molecule has 0 rings (SSSR count). The fraction of sp³-hybridized carbons (Fsp3) is 0.750. The molecule has 0 fully saturated rings. The van der Waals surface area contributed by atoms with E-state index in [9.17, 15) is 4.55 Å². The van der Waals surface area contributed by atoms with Crippen molar-refractivity contribution in [3.05, 3.63) is 0 Å². The molecule has 1 atom stereocenters. The van der Waals surface area contributed by atoms with Gasteiger partial charge in [0.25, 0.3) is 0 Å². The summed E-state index contributed by atoms with van der Waals surface area (Å²) in [4.78, 5) is 0. The maximum absolute atomic E-state index is 10.4. The van der Waals surface area contributed by atoms with E-state index in [1.54, 1.807) is 6.26 Å². The molecule has 0 aromatic rings. The predicted octanol–water partition coefficient (Wildman–Crippen LogP) is -1.15. The number of rotatable bonds is 3. The van der Waals surface area contributed by atoms with Crippen molar-refractivity contribution in [3.63, 3.8) is 0 Å². The maximum atomic E-state index is 10.4. The summed E-state index contributed by atoms with van der Waals surface area (Å²) < 4.78 is 10.4. The molecule has 0 spiro atoms. The molecule has 0 aromatic heterocycles. The van der Waals surface area contributed by atoms with Crippen LogP contribution in [0.5, 0.6) is 0 Å². The predicted molar refractivity (Wildman–Crippen MR) is 38.9 cm³/mol. The zero-order chi connectivity index (χ0) is 7.28. The molecule has 4 nitrogen and oxygen atoms in total.